The van der Waals surface area contributed by atoms with Gasteiger partial charge >= 0.3 is 0 Å². The summed E-state index contributed by atoms with van der Waals surface area (Å²) in [6.45, 7) is 0.709. The molecule has 5 nitrogen and oxygen atoms in total. The van der Waals surface area contributed by atoms with Crippen LogP contribution in [0.4, 0.5) is 0 Å². The number of para-hydroxylation sites is 1. The Bertz CT molecular complexity index is 2540. The molecule has 7 aromatic carbocycles. The van der Waals surface area contributed by atoms with Gasteiger partial charge in [0.1, 0.15) is 6.17 Å². The number of fused-ring (bicyclic) bond motifs is 7. The summed E-state index contributed by atoms with van der Waals surface area (Å²) in [6, 6.07) is 52.6. The Morgan fingerprint density at radius 1 is 0.449 bits per heavy atom. The highest BCUT2D eigenvalue weighted by molar-refractivity contribution is 6.21. The zero-order valence-electron chi connectivity index (χ0n) is 26.9. The number of hydrogen-bond acceptors (Lipinski definition) is 4. The van der Waals surface area contributed by atoms with Crippen LogP contribution in [-0.2, 0) is 0 Å². The van der Waals surface area contributed by atoms with Crippen LogP contribution in [0, 0.1) is 0 Å². The van der Waals surface area contributed by atoms with Gasteiger partial charge in [-0.3, -0.25) is 16.0 Å². The van der Waals surface area contributed by atoms with E-state index in [-0.39, 0.29) is 18.5 Å². The molecule has 0 radical (unpaired) electrons. The maximum Gasteiger partial charge on any atom is 0.101 e. The van der Waals surface area contributed by atoms with E-state index in [2.05, 4.69) is 184 Å². The van der Waals surface area contributed by atoms with E-state index in [1.165, 1.54) is 70.9 Å². The average Bonchev–Trinajstić information content (AvgIpc) is 3.52. The molecule has 236 valence electrons. The van der Waals surface area contributed by atoms with E-state index in [1.807, 2.05) is 0 Å². The van der Waals surface area contributed by atoms with E-state index < -0.39 is 0 Å². The lowest BCUT2D eigenvalue weighted by molar-refractivity contribution is 0.217. The van der Waals surface area contributed by atoms with E-state index in [0.717, 1.165) is 5.70 Å². The third-order valence-electron chi connectivity index (χ3n) is 10.3. The number of allylic oxidation sites excluding steroid dienone is 2. The van der Waals surface area contributed by atoms with Crippen molar-refractivity contribution in [2.24, 2.45) is 0 Å². The molecule has 3 heterocycles. The molecule has 1 aromatic heterocycles. The van der Waals surface area contributed by atoms with Gasteiger partial charge in [-0.1, -0.05) is 121 Å². The van der Waals surface area contributed by atoms with Gasteiger partial charge < -0.3 is 9.88 Å². The van der Waals surface area contributed by atoms with Crippen LogP contribution in [0.5, 0.6) is 0 Å². The number of rotatable bonds is 4. The zero-order valence-corrected chi connectivity index (χ0v) is 26.9. The van der Waals surface area contributed by atoms with Crippen molar-refractivity contribution in [2.75, 3.05) is 6.54 Å². The van der Waals surface area contributed by atoms with Crippen molar-refractivity contribution in [3.63, 3.8) is 0 Å². The fourth-order valence-electron chi connectivity index (χ4n) is 7.88. The minimum absolute atomic E-state index is 0.0639. The lowest BCUT2D eigenvalue weighted by atomic mass is 10.0. The van der Waals surface area contributed by atoms with Crippen LogP contribution >= 0.6 is 0 Å². The van der Waals surface area contributed by atoms with Crippen LogP contribution in [-0.4, -0.2) is 17.3 Å². The summed E-state index contributed by atoms with van der Waals surface area (Å²) < 4.78 is 2.43. The highest BCUT2D eigenvalue weighted by Crippen LogP contribution is 2.37. The van der Waals surface area contributed by atoms with Crippen LogP contribution < -0.4 is 21.3 Å². The Morgan fingerprint density at radius 3 is 1.65 bits per heavy atom. The Morgan fingerprint density at radius 2 is 1.00 bits per heavy atom. The standard InChI is InChI=1S/C44H35N5/c1-3-12-31-25-33(19-17-28(31)9-1)42-46-43(34-20-18-29-10-2-4-13-32(29)26-34)48-44(47-42)38-23-22-35(27-45-38)49-39-16-8-7-15-37(39)41-36-14-6-5-11-30(36)21-24-40(41)49/h1-26,42-48H,27H2. The first-order valence-corrected chi connectivity index (χ1v) is 17.1. The quantitative estimate of drug-likeness (QED) is 0.156. The van der Waals surface area contributed by atoms with Gasteiger partial charge in [-0.2, -0.15) is 0 Å². The van der Waals surface area contributed by atoms with Crippen LogP contribution in [0.3, 0.4) is 0 Å². The van der Waals surface area contributed by atoms with Gasteiger partial charge in [-0.25, -0.2) is 0 Å². The number of nitrogens with one attached hydrogen (secondary N) is 4. The summed E-state index contributed by atoms with van der Waals surface area (Å²) in [5.74, 6) is 0. The summed E-state index contributed by atoms with van der Waals surface area (Å²) in [5, 5.41) is 25.6. The maximum absolute atomic E-state index is 3.88. The van der Waals surface area contributed by atoms with Gasteiger partial charge in [-0.05, 0) is 79.9 Å². The third kappa shape index (κ3) is 4.82. The third-order valence-corrected chi connectivity index (χ3v) is 10.3. The predicted molar refractivity (Wildman–Crippen MR) is 204 cm³/mol. The van der Waals surface area contributed by atoms with Crippen molar-refractivity contribution in [3.8, 4) is 0 Å². The van der Waals surface area contributed by atoms with E-state index in [9.17, 15) is 0 Å². The monoisotopic (exact) mass is 633 g/mol. The van der Waals surface area contributed by atoms with Crippen molar-refractivity contribution in [2.45, 2.75) is 18.5 Å². The lowest BCUT2D eigenvalue weighted by Gasteiger charge is -2.41. The molecule has 8 aromatic rings. The van der Waals surface area contributed by atoms with Crippen LogP contribution in [0.2, 0.25) is 0 Å². The fourth-order valence-corrected chi connectivity index (χ4v) is 7.88. The molecule has 0 saturated carbocycles. The normalized spacial score (nSPS) is 19.7. The molecule has 10 rings (SSSR count). The summed E-state index contributed by atoms with van der Waals surface area (Å²) in [7, 11) is 0. The Hall–Kier alpha value is -5.72. The summed E-state index contributed by atoms with van der Waals surface area (Å²) in [6.07, 6.45) is 4.30. The van der Waals surface area contributed by atoms with E-state index in [1.54, 1.807) is 0 Å². The van der Waals surface area contributed by atoms with Crippen molar-refractivity contribution >= 4 is 59.8 Å². The number of benzene rings is 7. The summed E-state index contributed by atoms with van der Waals surface area (Å²) >= 11 is 0. The van der Waals surface area contributed by atoms with Crippen LogP contribution in [0.1, 0.15) is 23.5 Å². The average molecular weight is 634 g/mol. The van der Waals surface area contributed by atoms with Crippen molar-refractivity contribution in [1.29, 1.82) is 0 Å². The molecule has 2 unspecified atom stereocenters. The minimum Gasteiger partial charge on any atom is -0.380 e. The molecule has 2 atom stereocenters. The minimum atomic E-state index is -0.103. The second-order valence-electron chi connectivity index (χ2n) is 13.2. The van der Waals surface area contributed by atoms with E-state index in [4.69, 9.17) is 0 Å². The molecule has 0 aliphatic carbocycles. The molecule has 49 heavy (non-hydrogen) atoms. The molecule has 2 aliphatic heterocycles. The summed E-state index contributed by atoms with van der Waals surface area (Å²) in [5.41, 5.74) is 7.21. The molecular formula is C44H35N5. The predicted octanol–water partition coefficient (Wildman–Crippen LogP) is 9.09. The first kappa shape index (κ1) is 28.3. The Kier molecular flexibility index (Phi) is 6.62. The summed E-state index contributed by atoms with van der Waals surface area (Å²) in [4.78, 5) is 0. The molecule has 0 spiro atoms. The Labute approximate surface area is 284 Å². The molecule has 1 fully saturated rings. The van der Waals surface area contributed by atoms with Crippen LogP contribution in [0.25, 0.3) is 59.8 Å². The van der Waals surface area contributed by atoms with Crippen molar-refractivity contribution in [1.82, 2.24) is 25.8 Å². The first-order chi connectivity index (χ1) is 24.3. The molecule has 0 amide bonds. The molecular weight excluding hydrogens is 599 g/mol. The van der Waals surface area contributed by atoms with Gasteiger partial charge in [0, 0.05) is 22.2 Å². The number of aromatic nitrogens is 1. The Balaban J connectivity index is 1.04. The molecule has 4 N–H and O–H groups in total. The second kappa shape index (κ2) is 11.5. The highest BCUT2D eigenvalue weighted by Gasteiger charge is 2.32. The van der Waals surface area contributed by atoms with Gasteiger partial charge in [-0.15, -0.1) is 0 Å². The van der Waals surface area contributed by atoms with E-state index >= 15 is 0 Å². The molecule has 2 aliphatic rings. The highest BCUT2D eigenvalue weighted by atomic mass is 15.4. The number of hydrogen-bond donors (Lipinski definition) is 4. The largest absolute Gasteiger partial charge is 0.380 e. The first-order valence-electron chi connectivity index (χ1n) is 17.1. The molecule has 0 bridgehead atoms. The fraction of sp³-hybridized carbons (Fsp3) is 0.0909. The van der Waals surface area contributed by atoms with Gasteiger partial charge in [0.25, 0.3) is 0 Å². The lowest BCUT2D eigenvalue weighted by Crippen LogP contribution is -2.61. The van der Waals surface area contributed by atoms with Crippen molar-refractivity contribution < 1.29 is 0 Å². The molecule has 5 heteroatoms. The number of dihydropyridines is 1. The zero-order chi connectivity index (χ0) is 32.3. The van der Waals surface area contributed by atoms with Gasteiger partial charge in [0.2, 0.25) is 0 Å². The van der Waals surface area contributed by atoms with E-state index in [0.29, 0.717) is 6.54 Å². The van der Waals surface area contributed by atoms with Gasteiger partial charge in [0.05, 0.1) is 29.9 Å². The second-order valence-corrected chi connectivity index (χ2v) is 13.2. The maximum atomic E-state index is 3.88. The topological polar surface area (TPSA) is 53.0 Å². The number of nitrogens with zero attached hydrogens (tertiary/aromatic N) is 1. The van der Waals surface area contributed by atoms with Crippen LogP contribution in [0.15, 0.2) is 163 Å². The smallest absolute Gasteiger partial charge is 0.101 e. The molecule has 1 saturated heterocycles. The SMILES string of the molecule is C1=C(C2NC(c3ccc4ccccc4c3)NC(c3ccc4ccccc4c3)N2)NCC(n2c3ccccc3c3c4ccccc4ccc32)=C1. The van der Waals surface area contributed by atoms with Crippen molar-refractivity contribution in [3.05, 3.63) is 175 Å². The van der Waals surface area contributed by atoms with Gasteiger partial charge in [0.15, 0.2) is 0 Å².